The van der Waals surface area contributed by atoms with Crippen LogP contribution in [0.15, 0.2) is 54.7 Å². The second kappa shape index (κ2) is 11.1. The van der Waals surface area contributed by atoms with E-state index in [1.807, 2.05) is 0 Å². The van der Waals surface area contributed by atoms with Crippen LogP contribution in [0.2, 0.25) is 0 Å². The van der Waals surface area contributed by atoms with Crippen molar-refractivity contribution in [1.82, 2.24) is 15.3 Å². The summed E-state index contributed by atoms with van der Waals surface area (Å²) >= 11 is 0. The molecule has 0 saturated heterocycles. The fraction of sp³-hybridized carbons (Fsp3) is 0.258. The SMILES string of the molecule is Cc1cnc2c(NC(=O)C(F)(F)F)cc(C(=O)NC[C@](C)(O)c3cc4c(c(-c5ccc(F)cc5)n3)OC[C@]4(C)C(N)=O)cc2c1. The number of hydrogen-bond acceptors (Lipinski definition) is 7. The molecule has 0 spiro atoms. The average Bonchev–Trinajstić information content (AvgIpc) is 3.33. The second-order valence-corrected chi connectivity index (χ2v) is 11.2. The van der Waals surface area contributed by atoms with Gasteiger partial charge in [-0.3, -0.25) is 19.4 Å². The molecule has 5 rings (SSSR count). The van der Waals surface area contributed by atoms with Gasteiger partial charge in [0.1, 0.15) is 34.9 Å². The number of alkyl halides is 3. The van der Waals surface area contributed by atoms with Gasteiger partial charge >= 0.3 is 12.1 Å². The number of aromatic nitrogens is 2. The average molecular weight is 626 g/mol. The number of fused-ring (bicyclic) bond motifs is 2. The molecule has 14 heteroatoms. The van der Waals surface area contributed by atoms with Gasteiger partial charge in [0.15, 0.2) is 0 Å². The Morgan fingerprint density at radius 3 is 2.44 bits per heavy atom. The number of ether oxygens (including phenoxy) is 1. The largest absolute Gasteiger partial charge is 0.489 e. The highest BCUT2D eigenvalue weighted by atomic mass is 19.4. The molecule has 234 valence electrons. The van der Waals surface area contributed by atoms with Gasteiger partial charge in [-0.2, -0.15) is 13.2 Å². The van der Waals surface area contributed by atoms with Crippen LogP contribution in [0.25, 0.3) is 22.2 Å². The summed E-state index contributed by atoms with van der Waals surface area (Å²) in [6.45, 7) is 4.09. The maximum absolute atomic E-state index is 13.7. The van der Waals surface area contributed by atoms with Gasteiger partial charge in [0.05, 0.1) is 23.4 Å². The number of aliphatic hydroxyl groups is 1. The Balaban J connectivity index is 1.49. The zero-order valence-corrected chi connectivity index (χ0v) is 24.2. The minimum absolute atomic E-state index is 0.0234. The minimum atomic E-state index is -5.18. The Hall–Kier alpha value is -5.11. The van der Waals surface area contributed by atoms with Crippen LogP contribution in [-0.2, 0) is 20.6 Å². The third kappa shape index (κ3) is 6.00. The highest BCUT2D eigenvalue weighted by Crippen LogP contribution is 2.45. The third-order valence-corrected chi connectivity index (χ3v) is 7.57. The Bertz CT molecular complexity index is 1860. The van der Waals surface area contributed by atoms with Crippen molar-refractivity contribution in [2.24, 2.45) is 5.73 Å². The Labute approximate surface area is 253 Å². The van der Waals surface area contributed by atoms with Gasteiger partial charge in [0.25, 0.3) is 5.91 Å². The lowest BCUT2D eigenvalue weighted by atomic mass is 9.82. The second-order valence-electron chi connectivity index (χ2n) is 11.2. The molecule has 0 aliphatic carbocycles. The molecular weight excluding hydrogens is 598 g/mol. The number of amides is 3. The van der Waals surface area contributed by atoms with Crippen molar-refractivity contribution in [3.05, 3.63) is 82.9 Å². The predicted octanol–water partition coefficient (Wildman–Crippen LogP) is 4.02. The van der Waals surface area contributed by atoms with Crippen molar-refractivity contribution in [3.8, 4) is 17.0 Å². The summed E-state index contributed by atoms with van der Waals surface area (Å²) in [5, 5.41) is 16.1. The van der Waals surface area contributed by atoms with Crippen molar-refractivity contribution in [1.29, 1.82) is 0 Å². The predicted molar refractivity (Wildman–Crippen MR) is 155 cm³/mol. The molecule has 3 heterocycles. The van der Waals surface area contributed by atoms with Crippen LogP contribution in [0.4, 0.5) is 23.2 Å². The van der Waals surface area contributed by atoms with Crippen molar-refractivity contribution in [3.63, 3.8) is 0 Å². The van der Waals surface area contributed by atoms with Crippen molar-refractivity contribution in [2.75, 3.05) is 18.5 Å². The van der Waals surface area contributed by atoms with Gasteiger partial charge in [-0.25, -0.2) is 9.37 Å². The van der Waals surface area contributed by atoms with Crippen LogP contribution in [-0.4, -0.2) is 52.1 Å². The lowest BCUT2D eigenvalue weighted by Gasteiger charge is -2.26. The van der Waals surface area contributed by atoms with Gasteiger partial charge in [0, 0.05) is 28.3 Å². The number of nitrogens with one attached hydrogen (secondary N) is 2. The topological polar surface area (TPSA) is 157 Å². The van der Waals surface area contributed by atoms with E-state index in [0.717, 1.165) is 6.07 Å². The molecule has 10 nitrogen and oxygen atoms in total. The quantitative estimate of drug-likeness (QED) is 0.226. The molecule has 0 saturated carbocycles. The molecule has 4 aromatic rings. The first-order valence-corrected chi connectivity index (χ1v) is 13.5. The maximum Gasteiger partial charge on any atom is 0.471 e. The number of nitrogens with two attached hydrogens (primary N) is 1. The number of anilines is 1. The van der Waals surface area contributed by atoms with E-state index in [9.17, 15) is 37.1 Å². The Kier molecular flexibility index (Phi) is 7.73. The zero-order chi connectivity index (χ0) is 32.9. The number of pyridine rings is 2. The zero-order valence-electron chi connectivity index (χ0n) is 24.2. The fourth-order valence-electron chi connectivity index (χ4n) is 4.89. The van der Waals surface area contributed by atoms with E-state index >= 15 is 0 Å². The summed E-state index contributed by atoms with van der Waals surface area (Å²) in [5.41, 5.74) is 3.78. The molecular formula is C31H27F4N5O5. The van der Waals surface area contributed by atoms with Crippen LogP contribution < -0.4 is 21.1 Å². The smallest absolute Gasteiger partial charge is 0.471 e. The molecule has 3 amide bonds. The summed E-state index contributed by atoms with van der Waals surface area (Å²) in [6, 6.07) is 10.8. The van der Waals surface area contributed by atoms with Gasteiger partial charge in [-0.15, -0.1) is 0 Å². The molecule has 0 bridgehead atoms. The summed E-state index contributed by atoms with van der Waals surface area (Å²) in [5.74, 6) is -3.97. The van der Waals surface area contributed by atoms with Gasteiger partial charge < -0.3 is 26.2 Å². The molecule has 0 unspecified atom stereocenters. The maximum atomic E-state index is 13.7. The summed E-state index contributed by atoms with van der Waals surface area (Å²) in [4.78, 5) is 46.1. The molecule has 2 aromatic heterocycles. The van der Waals surface area contributed by atoms with E-state index < -0.39 is 47.3 Å². The van der Waals surface area contributed by atoms with Crippen LogP contribution in [0, 0.1) is 12.7 Å². The summed E-state index contributed by atoms with van der Waals surface area (Å²) in [7, 11) is 0. The number of halogens is 4. The Morgan fingerprint density at radius 1 is 1.11 bits per heavy atom. The van der Waals surface area contributed by atoms with Gasteiger partial charge in [-0.05, 0) is 74.9 Å². The van der Waals surface area contributed by atoms with Crippen LogP contribution in [0.3, 0.4) is 0 Å². The molecule has 1 aliphatic rings. The first-order chi connectivity index (χ1) is 21.0. The molecule has 0 radical (unpaired) electrons. The first-order valence-electron chi connectivity index (χ1n) is 13.5. The summed E-state index contributed by atoms with van der Waals surface area (Å²) < 4.78 is 58.5. The highest BCUT2D eigenvalue weighted by Gasteiger charge is 2.45. The molecule has 2 atom stereocenters. The number of carbonyl (C=O) groups excluding carboxylic acids is 3. The van der Waals surface area contributed by atoms with E-state index in [0.29, 0.717) is 22.1 Å². The van der Waals surface area contributed by atoms with E-state index in [-0.39, 0.29) is 40.5 Å². The molecule has 0 fully saturated rings. The number of nitrogens with zero attached hydrogens (tertiary/aromatic N) is 2. The lowest BCUT2D eigenvalue weighted by molar-refractivity contribution is -0.167. The summed E-state index contributed by atoms with van der Waals surface area (Å²) in [6.07, 6.45) is -3.78. The van der Waals surface area contributed by atoms with Crippen molar-refractivity contribution >= 4 is 34.3 Å². The molecule has 1 aliphatic heterocycles. The van der Waals surface area contributed by atoms with Crippen LogP contribution >= 0.6 is 0 Å². The lowest BCUT2D eigenvalue weighted by Crippen LogP contribution is -2.41. The number of benzene rings is 2. The van der Waals surface area contributed by atoms with Gasteiger partial charge in [0.2, 0.25) is 5.91 Å². The number of rotatable bonds is 7. The molecule has 5 N–H and O–H groups in total. The standard InChI is InChI=1S/C31H27F4N5O5/c1-15-8-17-9-18(10-21(23(17)37-12-15)39-28(43)31(33,34)35)26(41)38-13-30(3,44)22-11-20-25(45-14-29(20,2)27(36)42)24(40-22)16-4-6-19(32)7-5-16/h4-12,44H,13-14H2,1-3H3,(H2,36,42)(H,38,41)(H,39,43)/t29-,30-/m0/s1. The highest BCUT2D eigenvalue weighted by molar-refractivity contribution is 6.07. The number of carbonyl (C=O) groups is 3. The fourth-order valence-corrected chi connectivity index (χ4v) is 4.89. The number of aryl methyl sites for hydroxylation is 1. The van der Waals surface area contributed by atoms with E-state index in [1.54, 1.807) is 25.2 Å². The first kappa shape index (κ1) is 31.3. The van der Waals surface area contributed by atoms with Gasteiger partial charge in [-0.1, -0.05) is 0 Å². The monoisotopic (exact) mass is 625 g/mol. The van der Waals surface area contributed by atoms with Crippen molar-refractivity contribution < 1.29 is 41.8 Å². The van der Waals surface area contributed by atoms with E-state index in [1.165, 1.54) is 49.5 Å². The van der Waals surface area contributed by atoms with Crippen molar-refractivity contribution in [2.45, 2.75) is 38.0 Å². The Morgan fingerprint density at radius 2 is 1.80 bits per heavy atom. The minimum Gasteiger partial charge on any atom is -0.489 e. The number of hydrogen-bond donors (Lipinski definition) is 4. The van der Waals surface area contributed by atoms with Crippen LogP contribution in [0.1, 0.15) is 41.0 Å². The molecule has 2 aromatic carbocycles. The third-order valence-electron chi connectivity index (χ3n) is 7.57. The van der Waals surface area contributed by atoms with Crippen LogP contribution in [0.5, 0.6) is 5.75 Å². The molecule has 45 heavy (non-hydrogen) atoms. The van der Waals surface area contributed by atoms with E-state index in [2.05, 4.69) is 15.3 Å². The number of primary amides is 1. The van der Waals surface area contributed by atoms with E-state index in [4.69, 9.17) is 10.5 Å². The normalized spacial score (nSPS) is 17.2.